The van der Waals surface area contributed by atoms with Crippen LogP contribution in [0.4, 0.5) is 5.69 Å². The molecule has 0 unspecified atom stereocenters. The van der Waals surface area contributed by atoms with Crippen LogP contribution >= 0.6 is 0 Å². The number of benzene rings is 1. The quantitative estimate of drug-likeness (QED) is 0.631. The Morgan fingerprint density at radius 2 is 2.35 bits per heavy atom. The maximum Gasteiger partial charge on any atom is 0.310 e. The summed E-state index contributed by atoms with van der Waals surface area (Å²) < 4.78 is 4.91. The number of carbonyl (C=O) groups excluding carboxylic acids is 1. The van der Waals surface area contributed by atoms with Gasteiger partial charge < -0.3 is 15.0 Å². The number of nitrogens with zero attached hydrogens (tertiary/aromatic N) is 2. The second kappa shape index (κ2) is 5.83. The molecule has 0 aliphatic heterocycles. The summed E-state index contributed by atoms with van der Waals surface area (Å²) in [4.78, 5) is 28.9. The maximum absolute atomic E-state index is 11.9. The van der Waals surface area contributed by atoms with Crippen LogP contribution in [0.5, 0.6) is 5.75 Å². The first kappa shape index (κ1) is 13.5. The lowest BCUT2D eigenvalue weighted by Crippen LogP contribution is -2.23. The SMILES string of the molecule is COc1cc(C(=O)NCc2ncc[nH]2)ccc1[N+](=O)[O-]. The minimum absolute atomic E-state index is 0.0423. The van der Waals surface area contributed by atoms with Crippen molar-refractivity contribution in [3.63, 3.8) is 0 Å². The molecule has 0 bridgehead atoms. The number of nitro benzene ring substituents is 1. The lowest BCUT2D eigenvalue weighted by Gasteiger charge is -2.06. The highest BCUT2D eigenvalue weighted by Crippen LogP contribution is 2.27. The van der Waals surface area contributed by atoms with Gasteiger partial charge in [-0.15, -0.1) is 0 Å². The average Bonchev–Trinajstić information content (AvgIpc) is 2.97. The lowest BCUT2D eigenvalue weighted by molar-refractivity contribution is -0.385. The summed E-state index contributed by atoms with van der Waals surface area (Å²) in [6, 6.07) is 3.94. The summed E-state index contributed by atoms with van der Waals surface area (Å²) in [7, 11) is 1.31. The van der Waals surface area contributed by atoms with Gasteiger partial charge in [0.2, 0.25) is 0 Å². The van der Waals surface area contributed by atoms with E-state index in [1.165, 1.54) is 25.3 Å². The van der Waals surface area contributed by atoms with Crippen molar-refractivity contribution in [2.24, 2.45) is 0 Å². The van der Waals surface area contributed by atoms with Crippen LogP contribution in [0.15, 0.2) is 30.6 Å². The van der Waals surface area contributed by atoms with E-state index in [-0.39, 0.29) is 29.5 Å². The van der Waals surface area contributed by atoms with Crippen molar-refractivity contribution < 1.29 is 14.5 Å². The number of nitrogens with one attached hydrogen (secondary N) is 2. The van der Waals surface area contributed by atoms with Gasteiger partial charge in [0.05, 0.1) is 18.6 Å². The fourth-order valence-electron chi connectivity index (χ4n) is 1.63. The average molecular weight is 276 g/mol. The van der Waals surface area contributed by atoms with Gasteiger partial charge in [-0.3, -0.25) is 14.9 Å². The van der Waals surface area contributed by atoms with Crippen molar-refractivity contribution in [2.75, 3.05) is 7.11 Å². The molecule has 0 saturated carbocycles. The molecular formula is C12H12N4O4. The van der Waals surface area contributed by atoms with Gasteiger partial charge in [-0.2, -0.15) is 0 Å². The molecule has 1 heterocycles. The molecule has 0 fully saturated rings. The summed E-state index contributed by atoms with van der Waals surface area (Å²) in [6.07, 6.45) is 3.23. The van der Waals surface area contributed by atoms with Crippen molar-refractivity contribution in [3.8, 4) is 5.75 Å². The Morgan fingerprint density at radius 3 is 2.95 bits per heavy atom. The van der Waals surface area contributed by atoms with Crippen LogP contribution in [0.3, 0.4) is 0 Å². The highest BCUT2D eigenvalue weighted by molar-refractivity contribution is 5.95. The maximum atomic E-state index is 11.9. The van der Waals surface area contributed by atoms with Crippen LogP contribution in [-0.4, -0.2) is 27.9 Å². The zero-order valence-electron chi connectivity index (χ0n) is 10.6. The van der Waals surface area contributed by atoms with Crippen LogP contribution in [0, 0.1) is 10.1 Å². The molecule has 0 atom stereocenters. The second-order valence-corrected chi connectivity index (χ2v) is 3.86. The predicted octanol–water partition coefficient (Wildman–Crippen LogP) is 1.26. The Morgan fingerprint density at radius 1 is 1.55 bits per heavy atom. The number of carbonyl (C=O) groups is 1. The van der Waals surface area contributed by atoms with Gasteiger partial charge in [-0.1, -0.05) is 0 Å². The van der Waals surface area contributed by atoms with Crippen molar-refractivity contribution in [1.82, 2.24) is 15.3 Å². The third kappa shape index (κ3) is 2.91. The smallest absolute Gasteiger partial charge is 0.310 e. The van der Waals surface area contributed by atoms with Crippen LogP contribution in [0.2, 0.25) is 0 Å². The number of H-pyrrole nitrogens is 1. The molecule has 1 aromatic carbocycles. The Bertz CT molecular complexity index is 624. The summed E-state index contributed by atoms with van der Waals surface area (Å²) in [5, 5.41) is 13.4. The van der Waals surface area contributed by atoms with E-state index < -0.39 is 4.92 Å². The van der Waals surface area contributed by atoms with E-state index in [0.29, 0.717) is 5.82 Å². The molecule has 2 rings (SSSR count). The fourth-order valence-corrected chi connectivity index (χ4v) is 1.63. The topological polar surface area (TPSA) is 110 Å². The molecule has 20 heavy (non-hydrogen) atoms. The first-order valence-corrected chi connectivity index (χ1v) is 5.70. The second-order valence-electron chi connectivity index (χ2n) is 3.86. The van der Waals surface area contributed by atoms with Gasteiger partial charge in [-0.05, 0) is 6.07 Å². The number of amides is 1. The van der Waals surface area contributed by atoms with Gasteiger partial charge in [0, 0.05) is 30.1 Å². The highest BCUT2D eigenvalue weighted by Gasteiger charge is 2.17. The molecule has 0 aliphatic carbocycles. The number of methoxy groups -OCH3 is 1. The van der Waals surface area contributed by atoms with Crippen molar-refractivity contribution in [3.05, 3.63) is 52.1 Å². The molecule has 0 saturated heterocycles. The van der Waals surface area contributed by atoms with E-state index in [2.05, 4.69) is 15.3 Å². The van der Waals surface area contributed by atoms with Gasteiger partial charge in [0.25, 0.3) is 5.91 Å². The zero-order valence-corrected chi connectivity index (χ0v) is 10.6. The number of aromatic nitrogens is 2. The van der Waals surface area contributed by atoms with Crippen LogP contribution < -0.4 is 10.1 Å². The molecule has 0 spiro atoms. The van der Waals surface area contributed by atoms with Gasteiger partial charge in [0.15, 0.2) is 5.75 Å². The summed E-state index contributed by atoms with van der Waals surface area (Å²) in [6.45, 7) is 0.241. The van der Waals surface area contributed by atoms with E-state index in [4.69, 9.17) is 4.74 Å². The predicted molar refractivity (Wildman–Crippen MR) is 69.4 cm³/mol. The van der Waals surface area contributed by atoms with Crippen LogP contribution in [-0.2, 0) is 6.54 Å². The first-order chi connectivity index (χ1) is 9.61. The molecule has 1 amide bonds. The lowest BCUT2D eigenvalue weighted by atomic mass is 10.1. The van der Waals surface area contributed by atoms with E-state index in [1.54, 1.807) is 12.4 Å². The third-order valence-electron chi connectivity index (χ3n) is 2.61. The molecule has 0 radical (unpaired) electrons. The minimum Gasteiger partial charge on any atom is -0.490 e. The molecule has 8 heteroatoms. The first-order valence-electron chi connectivity index (χ1n) is 5.70. The normalized spacial score (nSPS) is 10.1. The highest BCUT2D eigenvalue weighted by atomic mass is 16.6. The van der Waals surface area contributed by atoms with Gasteiger partial charge in [0.1, 0.15) is 5.82 Å². The number of nitro groups is 1. The Balaban J connectivity index is 2.12. The number of imidazole rings is 1. The largest absolute Gasteiger partial charge is 0.490 e. The van der Waals surface area contributed by atoms with Crippen LogP contribution in [0.1, 0.15) is 16.2 Å². The third-order valence-corrected chi connectivity index (χ3v) is 2.61. The number of hydrogen-bond donors (Lipinski definition) is 2. The number of rotatable bonds is 5. The molecule has 8 nitrogen and oxygen atoms in total. The van der Waals surface area contributed by atoms with E-state index in [0.717, 1.165) is 0 Å². The molecule has 2 aromatic rings. The Kier molecular flexibility index (Phi) is 3.94. The molecule has 2 N–H and O–H groups in total. The number of ether oxygens (including phenoxy) is 1. The Labute approximate surface area is 113 Å². The summed E-state index contributed by atoms with van der Waals surface area (Å²) in [5.41, 5.74) is 0.0918. The van der Waals surface area contributed by atoms with E-state index in [9.17, 15) is 14.9 Å². The van der Waals surface area contributed by atoms with Crippen molar-refractivity contribution in [1.29, 1.82) is 0 Å². The van der Waals surface area contributed by atoms with E-state index >= 15 is 0 Å². The van der Waals surface area contributed by atoms with Crippen molar-refractivity contribution >= 4 is 11.6 Å². The molecule has 104 valence electrons. The molecule has 0 aliphatic rings. The van der Waals surface area contributed by atoms with Crippen molar-refractivity contribution in [2.45, 2.75) is 6.54 Å². The summed E-state index contributed by atoms with van der Waals surface area (Å²) >= 11 is 0. The zero-order chi connectivity index (χ0) is 14.5. The Hall–Kier alpha value is -2.90. The molecular weight excluding hydrogens is 264 g/mol. The number of aromatic amines is 1. The summed E-state index contributed by atoms with van der Waals surface area (Å²) in [5.74, 6) is 0.294. The van der Waals surface area contributed by atoms with Gasteiger partial charge >= 0.3 is 5.69 Å². The van der Waals surface area contributed by atoms with Gasteiger partial charge in [-0.25, -0.2) is 4.98 Å². The standard InChI is InChI=1S/C12H12N4O4/c1-20-10-6-8(2-3-9(10)16(18)19)12(17)15-7-11-13-4-5-14-11/h2-6H,7H2,1H3,(H,13,14)(H,15,17). The minimum atomic E-state index is -0.566. The van der Waals surface area contributed by atoms with E-state index in [1.807, 2.05) is 0 Å². The number of hydrogen-bond acceptors (Lipinski definition) is 5. The fraction of sp³-hybridized carbons (Fsp3) is 0.167. The van der Waals surface area contributed by atoms with Crippen LogP contribution in [0.25, 0.3) is 0 Å². The molecule has 1 aromatic heterocycles. The monoisotopic (exact) mass is 276 g/mol.